The summed E-state index contributed by atoms with van der Waals surface area (Å²) in [5.41, 5.74) is 3.00. The average Bonchev–Trinajstić information content (AvgIpc) is 3.34. The maximum absolute atomic E-state index is 13.1. The molecule has 0 N–H and O–H groups in total. The van der Waals surface area contributed by atoms with E-state index in [4.69, 9.17) is 4.74 Å². The SMILES string of the molecule is COc1ncnn2ccc(-c3cnc4nc(C)n(Cc5ccnc(C(F)(F)F)c5)c4c3)c12. The van der Waals surface area contributed by atoms with Crippen LogP contribution in [0.5, 0.6) is 5.88 Å². The van der Waals surface area contributed by atoms with Gasteiger partial charge in [-0.15, -0.1) is 0 Å². The van der Waals surface area contributed by atoms with E-state index in [1.54, 1.807) is 29.9 Å². The second-order valence-corrected chi connectivity index (χ2v) is 7.15. The lowest BCUT2D eigenvalue weighted by Gasteiger charge is -2.10. The van der Waals surface area contributed by atoms with Gasteiger partial charge < -0.3 is 9.30 Å². The zero-order chi connectivity index (χ0) is 22.5. The van der Waals surface area contributed by atoms with E-state index in [1.165, 1.54) is 13.4 Å². The van der Waals surface area contributed by atoms with E-state index in [0.29, 0.717) is 33.9 Å². The van der Waals surface area contributed by atoms with E-state index in [9.17, 15) is 13.2 Å². The maximum Gasteiger partial charge on any atom is 0.433 e. The molecular formula is C21H16F3N7O. The summed E-state index contributed by atoms with van der Waals surface area (Å²) in [4.78, 5) is 16.5. The Morgan fingerprint density at radius 2 is 1.94 bits per heavy atom. The van der Waals surface area contributed by atoms with Crippen LogP contribution in [0.1, 0.15) is 17.1 Å². The number of hydrogen-bond donors (Lipinski definition) is 0. The molecular weight excluding hydrogens is 423 g/mol. The van der Waals surface area contributed by atoms with Gasteiger partial charge in [-0.1, -0.05) is 0 Å². The number of aryl methyl sites for hydroxylation is 1. The average molecular weight is 439 g/mol. The number of pyridine rings is 2. The van der Waals surface area contributed by atoms with E-state index < -0.39 is 11.9 Å². The molecule has 162 valence electrons. The van der Waals surface area contributed by atoms with Crippen molar-refractivity contribution in [3.63, 3.8) is 0 Å². The van der Waals surface area contributed by atoms with Crippen LogP contribution in [0.15, 0.2) is 49.2 Å². The minimum absolute atomic E-state index is 0.196. The van der Waals surface area contributed by atoms with Crippen LogP contribution >= 0.6 is 0 Å². The molecule has 8 nitrogen and oxygen atoms in total. The third kappa shape index (κ3) is 3.31. The number of hydrogen-bond acceptors (Lipinski definition) is 6. The summed E-state index contributed by atoms with van der Waals surface area (Å²) in [6, 6.07) is 6.38. The summed E-state index contributed by atoms with van der Waals surface area (Å²) in [5, 5.41) is 4.19. The maximum atomic E-state index is 13.1. The van der Waals surface area contributed by atoms with Crippen LogP contribution in [0, 0.1) is 6.92 Å². The van der Waals surface area contributed by atoms with Crippen LogP contribution < -0.4 is 4.74 Å². The highest BCUT2D eigenvalue weighted by Crippen LogP contribution is 2.32. The summed E-state index contributed by atoms with van der Waals surface area (Å²) >= 11 is 0. The van der Waals surface area contributed by atoms with Gasteiger partial charge in [-0.25, -0.2) is 14.5 Å². The molecule has 0 aliphatic heterocycles. The molecule has 32 heavy (non-hydrogen) atoms. The minimum Gasteiger partial charge on any atom is -0.479 e. The Morgan fingerprint density at radius 1 is 1.09 bits per heavy atom. The summed E-state index contributed by atoms with van der Waals surface area (Å²) in [6.07, 6.45) is 1.54. The van der Waals surface area contributed by atoms with Crippen molar-refractivity contribution in [1.82, 2.24) is 34.1 Å². The fourth-order valence-corrected chi connectivity index (χ4v) is 3.68. The zero-order valence-electron chi connectivity index (χ0n) is 17.0. The van der Waals surface area contributed by atoms with Gasteiger partial charge in [0.15, 0.2) is 5.65 Å². The van der Waals surface area contributed by atoms with Crippen LogP contribution in [0.3, 0.4) is 0 Å². The number of imidazole rings is 1. The lowest BCUT2D eigenvalue weighted by Crippen LogP contribution is -2.09. The van der Waals surface area contributed by atoms with Crippen molar-refractivity contribution in [1.29, 1.82) is 0 Å². The van der Waals surface area contributed by atoms with E-state index in [-0.39, 0.29) is 6.54 Å². The van der Waals surface area contributed by atoms with Crippen molar-refractivity contribution in [2.24, 2.45) is 0 Å². The fraction of sp³-hybridized carbons (Fsp3) is 0.190. The lowest BCUT2D eigenvalue weighted by molar-refractivity contribution is -0.141. The highest BCUT2D eigenvalue weighted by Gasteiger charge is 2.32. The van der Waals surface area contributed by atoms with Crippen molar-refractivity contribution < 1.29 is 17.9 Å². The van der Waals surface area contributed by atoms with Crippen LogP contribution in [0.25, 0.3) is 27.8 Å². The molecule has 0 atom stereocenters. The third-order valence-corrected chi connectivity index (χ3v) is 5.18. The quantitative estimate of drug-likeness (QED) is 0.422. The monoisotopic (exact) mass is 439 g/mol. The van der Waals surface area contributed by atoms with Gasteiger partial charge in [0.1, 0.15) is 23.4 Å². The normalized spacial score (nSPS) is 12.0. The fourth-order valence-electron chi connectivity index (χ4n) is 3.68. The van der Waals surface area contributed by atoms with Crippen LogP contribution in [-0.2, 0) is 12.7 Å². The number of nitrogens with zero attached hydrogens (tertiary/aromatic N) is 7. The summed E-state index contributed by atoms with van der Waals surface area (Å²) in [6.45, 7) is 1.99. The highest BCUT2D eigenvalue weighted by molar-refractivity contribution is 5.87. The Bertz CT molecular complexity index is 1460. The van der Waals surface area contributed by atoms with Crippen LogP contribution in [-0.4, -0.2) is 41.2 Å². The van der Waals surface area contributed by atoms with Crippen molar-refractivity contribution in [2.75, 3.05) is 7.11 Å². The molecule has 0 aliphatic carbocycles. The molecule has 0 spiro atoms. The molecule has 5 rings (SSSR count). The molecule has 0 unspecified atom stereocenters. The second kappa shape index (κ2) is 7.29. The van der Waals surface area contributed by atoms with E-state index in [1.807, 2.05) is 16.7 Å². The molecule has 0 amide bonds. The number of ether oxygens (including phenoxy) is 1. The van der Waals surface area contributed by atoms with Crippen molar-refractivity contribution in [3.05, 3.63) is 66.3 Å². The van der Waals surface area contributed by atoms with E-state index in [2.05, 4.69) is 25.0 Å². The molecule has 5 heterocycles. The van der Waals surface area contributed by atoms with Gasteiger partial charge in [0.2, 0.25) is 5.88 Å². The van der Waals surface area contributed by atoms with Gasteiger partial charge in [0.05, 0.1) is 12.6 Å². The Hall–Kier alpha value is -4.02. The molecule has 5 aromatic rings. The molecule has 0 aromatic carbocycles. The zero-order valence-corrected chi connectivity index (χ0v) is 17.0. The second-order valence-electron chi connectivity index (χ2n) is 7.15. The number of fused-ring (bicyclic) bond motifs is 2. The van der Waals surface area contributed by atoms with E-state index in [0.717, 1.165) is 23.4 Å². The Labute approximate surface area is 179 Å². The first-order valence-corrected chi connectivity index (χ1v) is 9.57. The molecule has 0 fully saturated rings. The topological polar surface area (TPSA) is 83.0 Å². The molecule has 0 saturated carbocycles. The number of alkyl halides is 3. The van der Waals surface area contributed by atoms with Gasteiger partial charge >= 0.3 is 6.18 Å². The van der Waals surface area contributed by atoms with Gasteiger partial charge in [-0.3, -0.25) is 4.98 Å². The van der Waals surface area contributed by atoms with Crippen molar-refractivity contribution >= 4 is 16.7 Å². The number of halogens is 3. The molecule has 0 aliphatic rings. The number of methoxy groups -OCH3 is 1. The predicted octanol–water partition coefficient (Wildman–Crippen LogP) is 3.92. The summed E-state index contributed by atoms with van der Waals surface area (Å²) in [7, 11) is 1.53. The minimum atomic E-state index is -4.51. The predicted molar refractivity (Wildman–Crippen MR) is 109 cm³/mol. The standard InChI is InChI=1S/C21H16F3N7O/c1-12-29-19-16(30(12)10-13-3-5-25-17(7-13)21(22,23)24)8-14(9-26-19)15-4-6-31-18(15)20(32-2)27-11-28-31/h3-9,11H,10H2,1-2H3. The smallest absolute Gasteiger partial charge is 0.433 e. The lowest BCUT2D eigenvalue weighted by atomic mass is 10.1. The number of rotatable bonds is 4. The first-order valence-electron chi connectivity index (χ1n) is 9.57. The number of aromatic nitrogens is 7. The van der Waals surface area contributed by atoms with Crippen molar-refractivity contribution in [2.45, 2.75) is 19.6 Å². The molecule has 0 radical (unpaired) electrons. The molecule has 5 aromatic heterocycles. The van der Waals surface area contributed by atoms with Gasteiger partial charge in [-0.2, -0.15) is 23.3 Å². The van der Waals surface area contributed by atoms with Gasteiger partial charge in [0, 0.05) is 36.3 Å². The van der Waals surface area contributed by atoms with Crippen molar-refractivity contribution in [3.8, 4) is 17.0 Å². The van der Waals surface area contributed by atoms with E-state index >= 15 is 0 Å². The Kier molecular flexibility index (Phi) is 4.54. The summed E-state index contributed by atoms with van der Waals surface area (Å²) in [5.74, 6) is 1.05. The highest BCUT2D eigenvalue weighted by atomic mass is 19.4. The third-order valence-electron chi connectivity index (χ3n) is 5.18. The van der Waals surface area contributed by atoms with Gasteiger partial charge in [0.25, 0.3) is 0 Å². The van der Waals surface area contributed by atoms with Gasteiger partial charge in [-0.05, 0) is 36.8 Å². The molecule has 0 bridgehead atoms. The largest absolute Gasteiger partial charge is 0.479 e. The molecule has 0 saturated heterocycles. The van der Waals surface area contributed by atoms with Crippen LogP contribution in [0.2, 0.25) is 0 Å². The first-order chi connectivity index (χ1) is 15.3. The summed E-state index contributed by atoms with van der Waals surface area (Å²) < 4.78 is 48.0. The first kappa shape index (κ1) is 19.9. The Balaban J connectivity index is 1.61. The Morgan fingerprint density at radius 3 is 2.72 bits per heavy atom. The van der Waals surface area contributed by atoms with Crippen LogP contribution in [0.4, 0.5) is 13.2 Å². The molecule has 11 heteroatoms.